The van der Waals surface area contributed by atoms with Crippen LogP contribution in [0.25, 0.3) is 0 Å². The SMILES string of the molecule is CCNc1ccc([N+](=O)[O-])cc1S(=O)(=O)NC(C)(C)CC. The number of hydrogen-bond donors (Lipinski definition) is 2. The van der Waals surface area contributed by atoms with E-state index in [0.29, 0.717) is 18.7 Å². The summed E-state index contributed by atoms with van der Waals surface area (Å²) >= 11 is 0. The Kier molecular flexibility index (Phi) is 5.30. The van der Waals surface area contributed by atoms with E-state index in [9.17, 15) is 18.5 Å². The zero-order chi connectivity index (χ0) is 16.3. The van der Waals surface area contributed by atoms with Crippen LogP contribution in [-0.4, -0.2) is 25.4 Å². The molecule has 0 aliphatic rings. The zero-order valence-corrected chi connectivity index (χ0v) is 13.5. The second-order valence-corrected chi connectivity index (χ2v) is 6.96. The van der Waals surface area contributed by atoms with Crippen molar-refractivity contribution in [2.45, 2.75) is 44.6 Å². The Bertz CT molecular complexity index is 626. The van der Waals surface area contributed by atoms with Crippen LogP contribution in [0.5, 0.6) is 0 Å². The van der Waals surface area contributed by atoms with Gasteiger partial charge in [-0.25, -0.2) is 13.1 Å². The predicted molar refractivity (Wildman–Crippen MR) is 82.0 cm³/mol. The summed E-state index contributed by atoms with van der Waals surface area (Å²) in [6, 6.07) is 3.77. The lowest BCUT2D eigenvalue weighted by Crippen LogP contribution is -2.42. The highest BCUT2D eigenvalue weighted by Crippen LogP contribution is 2.27. The number of benzene rings is 1. The van der Waals surface area contributed by atoms with Gasteiger partial charge in [-0.2, -0.15) is 0 Å². The predicted octanol–water partition coefficient (Wildman–Crippen LogP) is 2.49. The molecule has 0 saturated heterocycles. The molecule has 0 fully saturated rings. The van der Waals surface area contributed by atoms with Crippen molar-refractivity contribution in [2.24, 2.45) is 0 Å². The van der Waals surface area contributed by atoms with E-state index >= 15 is 0 Å². The summed E-state index contributed by atoms with van der Waals surface area (Å²) < 4.78 is 27.6. The van der Waals surface area contributed by atoms with Gasteiger partial charge in [-0.3, -0.25) is 10.1 Å². The van der Waals surface area contributed by atoms with Crippen molar-refractivity contribution < 1.29 is 13.3 Å². The topological polar surface area (TPSA) is 101 Å². The van der Waals surface area contributed by atoms with Crippen LogP contribution in [0.4, 0.5) is 11.4 Å². The largest absolute Gasteiger partial charge is 0.384 e. The average Bonchev–Trinajstić information content (AvgIpc) is 2.38. The lowest BCUT2D eigenvalue weighted by molar-refractivity contribution is -0.385. The number of nitro benzene ring substituents is 1. The highest BCUT2D eigenvalue weighted by Gasteiger charge is 2.28. The summed E-state index contributed by atoms with van der Waals surface area (Å²) in [6.07, 6.45) is 0.595. The Labute approximate surface area is 124 Å². The summed E-state index contributed by atoms with van der Waals surface area (Å²) in [5.74, 6) is 0. The summed E-state index contributed by atoms with van der Waals surface area (Å²) in [4.78, 5) is 10.1. The summed E-state index contributed by atoms with van der Waals surface area (Å²) in [5.41, 5.74) is -0.540. The van der Waals surface area contributed by atoms with Crippen molar-refractivity contribution in [2.75, 3.05) is 11.9 Å². The average molecular weight is 315 g/mol. The van der Waals surface area contributed by atoms with Gasteiger partial charge in [-0.15, -0.1) is 0 Å². The van der Waals surface area contributed by atoms with Crippen LogP contribution >= 0.6 is 0 Å². The van der Waals surface area contributed by atoms with Crippen LogP contribution in [-0.2, 0) is 10.0 Å². The number of nitrogens with one attached hydrogen (secondary N) is 2. The van der Waals surface area contributed by atoms with E-state index < -0.39 is 20.5 Å². The molecule has 0 radical (unpaired) electrons. The molecule has 0 saturated carbocycles. The first-order chi connectivity index (χ1) is 9.63. The molecule has 2 N–H and O–H groups in total. The van der Waals surface area contributed by atoms with Crippen LogP contribution in [0, 0.1) is 10.1 Å². The van der Waals surface area contributed by atoms with Gasteiger partial charge in [-0.1, -0.05) is 6.92 Å². The fourth-order valence-electron chi connectivity index (χ4n) is 1.67. The summed E-state index contributed by atoms with van der Waals surface area (Å²) in [6.45, 7) is 7.71. The van der Waals surface area contributed by atoms with Gasteiger partial charge in [0.05, 0.1) is 10.6 Å². The molecule has 1 aromatic carbocycles. The first-order valence-corrected chi connectivity index (χ1v) is 8.17. The Morgan fingerprint density at radius 3 is 2.38 bits per heavy atom. The van der Waals surface area contributed by atoms with Crippen LogP contribution < -0.4 is 10.0 Å². The van der Waals surface area contributed by atoms with Gasteiger partial charge < -0.3 is 5.32 Å². The number of non-ortho nitro benzene ring substituents is 1. The monoisotopic (exact) mass is 315 g/mol. The van der Waals surface area contributed by atoms with Gasteiger partial charge in [-0.05, 0) is 33.3 Å². The smallest absolute Gasteiger partial charge is 0.270 e. The zero-order valence-electron chi connectivity index (χ0n) is 12.6. The fraction of sp³-hybridized carbons (Fsp3) is 0.538. The van der Waals surface area contributed by atoms with Gasteiger partial charge in [0.15, 0.2) is 0 Å². The number of anilines is 1. The van der Waals surface area contributed by atoms with Crippen LogP contribution in [0.3, 0.4) is 0 Å². The Morgan fingerprint density at radius 1 is 1.29 bits per heavy atom. The van der Waals surface area contributed by atoms with E-state index in [1.807, 2.05) is 13.8 Å². The highest BCUT2D eigenvalue weighted by molar-refractivity contribution is 7.89. The van der Waals surface area contributed by atoms with Gasteiger partial charge in [0.1, 0.15) is 4.90 Å². The minimum Gasteiger partial charge on any atom is -0.384 e. The molecule has 0 bridgehead atoms. The van der Waals surface area contributed by atoms with Gasteiger partial charge in [0.25, 0.3) is 5.69 Å². The first kappa shape index (κ1) is 17.4. The number of rotatable bonds is 7. The number of nitro groups is 1. The van der Waals surface area contributed by atoms with E-state index in [2.05, 4.69) is 10.0 Å². The molecular weight excluding hydrogens is 294 g/mol. The molecule has 7 nitrogen and oxygen atoms in total. The van der Waals surface area contributed by atoms with Crippen molar-refractivity contribution in [3.8, 4) is 0 Å². The molecule has 0 heterocycles. The van der Waals surface area contributed by atoms with Gasteiger partial charge in [0.2, 0.25) is 10.0 Å². The Morgan fingerprint density at radius 2 is 1.90 bits per heavy atom. The van der Waals surface area contributed by atoms with E-state index in [1.165, 1.54) is 12.1 Å². The molecule has 8 heteroatoms. The quantitative estimate of drug-likeness (QED) is 0.594. The molecule has 0 amide bonds. The van der Waals surface area contributed by atoms with Crippen molar-refractivity contribution in [3.63, 3.8) is 0 Å². The molecule has 118 valence electrons. The van der Waals surface area contributed by atoms with E-state index in [1.54, 1.807) is 13.8 Å². The third-order valence-corrected chi connectivity index (χ3v) is 4.87. The molecule has 0 spiro atoms. The third-order valence-electron chi connectivity index (χ3n) is 3.13. The van der Waals surface area contributed by atoms with Gasteiger partial charge in [0, 0.05) is 24.2 Å². The second-order valence-electron chi connectivity index (χ2n) is 5.31. The van der Waals surface area contributed by atoms with E-state index in [0.717, 1.165) is 6.07 Å². The summed E-state index contributed by atoms with van der Waals surface area (Å²) in [7, 11) is -3.86. The van der Waals surface area contributed by atoms with E-state index in [4.69, 9.17) is 0 Å². The Balaban J connectivity index is 3.37. The molecule has 0 aliphatic heterocycles. The molecule has 21 heavy (non-hydrogen) atoms. The maximum atomic E-state index is 12.5. The third kappa shape index (κ3) is 4.40. The fourth-order valence-corrected chi connectivity index (χ4v) is 3.36. The van der Waals surface area contributed by atoms with Crippen LogP contribution in [0.2, 0.25) is 0 Å². The standard InChI is InChI=1S/C13H21N3O4S/c1-5-13(3,4)15-21(19,20)12-9-10(16(17)18)7-8-11(12)14-6-2/h7-9,14-15H,5-6H2,1-4H3. The molecule has 0 aliphatic carbocycles. The lowest BCUT2D eigenvalue weighted by atomic mass is 10.0. The molecule has 1 aromatic rings. The Hall–Kier alpha value is -1.67. The molecular formula is C13H21N3O4S. The van der Waals surface area contributed by atoms with Crippen molar-refractivity contribution in [1.29, 1.82) is 0 Å². The van der Waals surface area contributed by atoms with Crippen LogP contribution in [0.1, 0.15) is 34.1 Å². The first-order valence-electron chi connectivity index (χ1n) is 6.69. The summed E-state index contributed by atoms with van der Waals surface area (Å²) in [5, 5.41) is 13.8. The number of sulfonamides is 1. The van der Waals surface area contributed by atoms with Gasteiger partial charge >= 0.3 is 0 Å². The maximum absolute atomic E-state index is 12.5. The minimum atomic E-state index is -3.86. The van der Waals surface area contributed by atoms with Crippen molar-refractivity contribution in [1.82, 2.24) is 4.72 Å². The van der Waals surface area contributed by atoms with Crippen molar-refractivity contribution in [3.05, 3.63) is 28.3 Å². The highest BCUT2D eigenvalue weighted by atomic mass is 32.2. The molecule has 0 unspecified atom stereocenters. The maximum Gasteiger partial charge on any atom is 0.270 e. The van der Waals surface area contributed by atoms with Crippen molar-refractivity contribution >= 4 is 21.4 Å². The second kappa shape index (κ2) is 6.40. The lowest BCUT2D eigenvalue weighted by Gasteiger charge is -2.24. The number of hydrogen-bond acceptors (Lipinski definition) is 5. The molecule has 0 aromatic heterocycles. The number of nitrogens with zero attached hydrogens (tertiary/aromatic N) is 1. The van der Waals surface area contributed by atoms with Crippen LogP contribution in [0.15, 0.2) is 23.1 Å². The minimum absolute atomic E-state index is 0.111. The van der Waals surface area contributed by atoms with E-state index in [-0.39, 0.29) is 10.6 Å². The normalized spacial score (nSPS) is 12.2. The molecule has 0 atom stereocenters. The molecule has 1 rings (SSSR count).